The van der Waals surface area contributed by atoms with Crippen molar-refractivity contribution in [1.82, 2.24) is 5.32 Å². The second kappa shape index (κ2) is 8.22. The van der Waals surface area contributed by atoms with E-state index in [1.54, 1.807) is 24.3 Å². The molecule has 0 aliphatic rings. The van der Waals surface area contributed by atoms with E-state index < -0.39 is 10.0 Å². The molecule has 0 saturated heterocycles. The van der Waals surface area contributed by atoms with Crippen LogP contribution >= 0.6 is 15.9 Å². The van der Waals surface area contributed by atoms with Gasteiger partial charge in [0, 0.05) is 4.47 Å². The summed E-state index contributed by atoms with van der Waals surface area (Å²) in [4.78, 5) is 12.5. The van der Waals surface area contributed by atoms with Crippen molar-refractivity contribution in [3.8, 4) is 0 Å². The van der Waals surface area contributed by atoms with E-state index in [2.05, 4.69) is 21.2 Å². The van der Waals surface area contributed by atoms with E-state index in [0.29, 0.717) is 5.69 Å². The molecule has 1 unspecified atom stereocenters. The van der Waals surface area contributed by atoms with Crippen LogP contribution in [0.1, 0.15) is 29.7 Å². The van der Waals surface area contributed by atoms with E-state index in [1.807, 2.05) is 39.0 Å². The molecule has 26 heavy (non-hydrogen) atoms. The van der Waals surface area contributed by atoms with Gasteiger partial charge in [-0.15, -0.1) is 0 Å². The lowest BCUT2D eigenvalue weighted by Gasteiger charge is -2.24. The quantitative estimate of drug-likeness (QED) is 0.747. The maximum absolute atomic E-state index is 12.5. The summed E-state index contributed by atoms with van der Waals surface area (Å²) in [7, 11) is -3.59. The summed E-state index contributed by atoms with van der Waals surface area (Å²) in [6, 6.07) is 12.7. The number of amides is 1. The molecule has 2 aromatic rings. The fourth-order valence-corrected chi connectivity index (χ4v) is 3.99. The van der Waals surface area contributed by atoms with Crippen molar-refractivity contribution >= 4 is 37.5 Å². The predicted octanol–water partition coefficient (Wildman–Crippen LogP) is 3.71. The lowest BCUT2D eigenvalue weighted by atomic mass is 10.00. The predicted molar refractivity (Wildman–Crippen MR) is 109 cm³/mol. The van der Waals surface area contributed by atoms with E-state index in [1.165, 1.54) is 0 Å². The maximum atomic E-state index is 12.5. The SMILES string of the molecule is Cc1ccc(C)c(C(C)NC(=O)CN(c2cccc(Br)c2)S(C)(=O)=O)c1. The lowest BCUT2D eigenvalue weighted by molar-refractivity contribution is -0.120. The molecule has 0 spiro atoms. The first-order chi connectivity index (χ1) is 12.1. The largest absolute Gasteiger partial charge is 0.348 e. The first kappa shape index (κ1) is 20.5. The van der Waals surface area contributed by atoms with E-state index in [9.17, 15) is 13.2 Å². The van der Waals surface area contributed by atoms with Crippen LogP contribution in [-0.2, 0) is 14.8 Å². The van der Waals surface area contributed by atoms with E-state index in [4.69, 9.17) is 0 Å². The monoisotopic (exact) mass is 438 g/mol. The zero-order chi connectivity index (χ0) is 19.5. The number of anilines is 1. The van der Waals surface area contributed by atoms with Crippen LogP contribution in [0.4, 0.5) is 5.69 Å². The number of carbonyl (C=O) groups excluding carboxylic acids is 1. The summed E-state index contributed by atoms with van der Waals surface area (Å²) in [5.41, 5.74) is 3.65. The third-order valence-corrected chi connectivity index (χ3v) is 5.70. The first-order valence-corrected chi connectivity index (χ1v) is 10.8. The van der Waals surface area contributed by atoms with Crippen LogP contribution in [0.15, 0.2) is 46.9 Å². The van der Waals surface area contributed by atoms with Gasteiger partial charge in [0.2, 0.25) is 15.9 Å². The molecule has 1 atom stereocenters. The number of halogens is 1. The van der Waals surface area contributed by atoms with E-state index in [0.717, 1.165) is 31.7 Å². The molecule has 0 aliphatic carbocycles. The van der Waals surface area contributed by atoms with Crippen LogP contribution in [0.3, 0.4) is 0 Å². The van der Waals surface area contributed by atoms with Crippen molar-refractivity contribution in [3.63, 3.8) is 0 Å². The molecule has 0 aromatic heterocycles. The van der Waals surface area contributed by atoms with Crippen LogP contribution < -0.4 is 9.62 Å². The van der Waals surface area contributed by atoms with Crippen molar-refractivity contribution in [2.24, 2.45) is 0 Å². The number of rotatable bonds is 6. The lowest BCUT2D eigenvalue weighted by Crippen LogP contribution is -2.41. The molecule has 1 N–H and O–H groups in total. The van der Waals surface area contributed by atoms with Gasteiger partial charge >= 0.3 is 0 Å². The van der Waals surface area contributed by atoms with Crippen LogP contribution in [0.2, 0.25) is 0 Å². The number of nitrogens with one attached hydrogen (secondary N) is 1. The Morgan fingerprint density at radius 1 is 1.19 bits per heavy atom. The average molecular weight is 439 g/mol. The Morgan fingerprint density at radius 2 is 1.88 bits per heavy atom. The van der Waals surface area contributed by atoms with Crippen molar-refractivity contribution in [2.45, 2.75) is 26.8 Å². The number of aryl methyl sites for hydroxylation is 2. The van der Waals surface area contributed by atoms with E-state index in [-0.39, 0.29) is 18.5 Å². The fraction of sp³-hybridized carbons (Fsp3) is 0.316. The smallest absolute Gasteiger partial charge is 0.241 e. The summed E-state index contributed by atoms with van der Waals surface area (Å²) in [6.45, 7) is 5.60. The molecule has 0 bridgehead atoms. The number of hydrogen-bond donors (Lipinski definition) is 1. The number of benzene rings is 2. The van der Waals surface area contributed by atoms with Gasteiger partial charge < -0.3 is 5.32 Å². The minimum Gasteiger partial charge on any atom is -0.348 e. The first-order valence-electron chi connectivity index (χ1n) is 8.17. The highest BCUT2D eigenvalue weighted by Crippen LogP contribution is 2.23. The molecule has 2 aromatic carbocycles. The van der Waals surface area contributed by atoms with Gasteiger partial charge in [-0.2, -0.15) is 0 Å². The molecule has 0 radical (unpaired) electrons. The molecular weight excluding hydrogens is 416 g/mol. The highest BCUT2D eigenvalue weighted by Gasteiger charge is 2.22. The Morgan fingerprint density at radius 3 is 2.50 bits per heavy atom. The van der Waals surface area contributed by atoms with Gasteiger partial charge in [-0.05, 0) is 50.1 Å². The Hall–Kier alpha value is -1.86. The number of nitrogens with zero attached hydrogens (tertiary/aromatic N) is 1. The molecule has 0 fully saturated rings. The van der Waals surface area contributed by atoms with Gasteiger partial charge in [-0.1, -0.05) is 45.8 Å². The number of hydrogen-bond acceptors (Lipinski definition) is 3. The zero-order valence-electron chi connectivity index (χ0n) is 15.3. The van der Waals surface area contributed by atoms with Gasteiger partial charge in [-0.25, -0.2) is 8.42 Å². The molecular formula is C19H23BrN2O3S. The Labute approximate surface area is 163 Å². The Bertz CT molecular complexity index is 913. The van der Waals surface area contributed by atoms with Gasteiger partial charge in [0.05, 0.1) is 18.0 Å². The summed E-state index contributed by atoms with van der Waals surface area (Å²) >= 11 is 3.33. The van der Waals surface area contributed by atoms with Crippen LogP contribution in [0, 0.1) is 13.8 Å². The average Bonchev–Trinajstić information content (AvgIpc) is 2.53. The van der Waals surface area contributed by atoms with Gasteiger partial charge in [0.1, 0.15) is 6.54 Å². The molecule has 1 amide bonds. The summed E-state index contributed by atoms with van der Waals surface area (Å²) in [5.74, 6) is -0.358. The summed E-state index contributed by atoms with van der Waals surface area (Å²) in [5, 5.41) is 2.89. The molecule has 0 heterocycles. The molecule has 5 nitrogen and oxygen atoms in total. The topological polar surface area (TPSA) is 66.5 Å². The molecule has 0 aliphatic heterocycles. The highest BCUT2D eigenvalue weighted by atomic mass is 79.9. The maximum Gasteiger partial charge on any atom is 0.241 e. The van der Waals surface area contributed by atoms with E-state index >= 15 is 0 Å². The highest BCUT2D eigenvalue weighted by molar-refractivity contribution is 9.10. The number of carbonyl (C=O) groups is 1. The molecule has 0 saturated carbocycles. The van der Waals surface area contributed by atoms with Gasteiger partial charge in [-0.3, -0.25) is 9.10 Å². The number of sulfonamides is 1. The second-order valence-corrected chi connectivity index (χ2v) is 9.22. The third-order valence-electron chi connectivity index (χ3n) is 4.06. The molecule has 2 rings (SSSR count). The Balaban J connectivity index is 2.19. The van der Waals surface area contributed by atoms with Crippen LogP contribution in [0.25, 0.3) is 0 Å². The minimum atomic E-state index is -3.59. The van der Waals surface area contributed by atoms with Gasteiger partial charge in [0.25, 0.3) is 0 Å². The van der Waals surface area contributed by atoms with Crippen molar-refractivity contribution in [3.05, 3.63) is 63.6 Å². The third kappa shape index (κ3) is 5.32. The molecule has 7 heteroatoms. The summed E-state index contributed by atoms with van der Waals surface area (Å²) < 4.78 is 26.2. The van der Waals surface area contributed by atoms with Gasteiger partial charge in [0.15, 0.2) is 0 Å². The van der Waals surface area contributed by atoms with Crippen molar-refractivity contribution in [1.29, 1.82) is 0 Å². The Kier molecular flexibility index (Phi) is 6.47. The summed E-state index contributed by atoms with van der Waals surface area (Å²) in [6.07, 6.45) is 1.09. The van der Waals surface area contributed by atoms with Crippen LogP contribution in [0.5, 0.6) is 0 Å². The van der Waals surface area contributed by atoms with Crippen LogP contribution in [-0.4, -0.2) is 27.1 Å². The fourth-order valence-electron chi connectivity index (χ4n) is 2.75. The minimum absolute atomic E-state index is 0.216. The van der Waals surface area contributed by atoms with Crippen molar-refractivity contribution < 1.29 is 13.2 Å². The normalized spacial score (nSPS) is 12.5. The molecule has 140 valence electrons. The second-order valence-electron chi connectivity index (χ2n) is 6.40. The zero-order valence-corrected chi connectivity index (χ0v) is 17.7. The van der Waals surface area contributed by atoms with Crippen molar-refractivity contribution in [2.75, 3.05) is 17.1 Å². The standard InChI is InChI=1S/C19H23BrN2O3S/c1-13-8-9-14(2)18(10-13)15(3)21-19(23)12-22(26(4,24)25)17-7-5-6-16(20)11-17/h5-11,15H,12H2,1-4H3,(H,21,23).